The van der Waals surface area contributed by atoms with Gasteiger partial charge in [0, 0.05) is 98.5 Å². The lowest BCUT2D eigenvalue weighted by Gasteiger charge is -2.13. The molecule has 137 heavy (non-hydrogen) atoms. The maximum atomic E-state index is 6.53. The first kappa shape index (κ1) is 79.3. The highest BCUT2D eigenvalue weighted by Crippen LogP contribution is 2.49. The number of nitrogens with zero attached hydrogens (tertiary/aromatic N) is 9. The summed E-state index contributed by atoms with van der Waals surface area (Å²) >= 11 is 0. The number of fused-ring (bicyclic) bond motifs is 23. The van der Waals surface area contributed by atoms with Gasteiger partial charge in [-0.1, -0.05) is 400 Å². The second-order valence-corrected chi connectivity index (χ2v) is 34.5. The van der Waals surface area contributed by atoms with Crippen LogP contribution in [0.15, 0.2) is 468 Å². The van der Waals surface area contributed by atoms with Crippen LogP contribution in [0.3, 0.4) is 0 Å². The Morgan fingerprint density at radius 2 is 0.358 bits per heavy atom. The van der Waals surface area contributed by atoms with Gasteiger partial charge in [-0.3, -0.25) is 0 Å². The highest BCUT2D eigenvalue weighted by atomic mass is 16.3. The Morgan fingerprint density at radius 3 is 0.737 bits per heavy atom. The average molecular weight is 1750 g/mol. The molecular weight excluding hydrogens is 1680 g/mol. The summed E-state index contributed by atoms with van der Waals surface area (Å²) in [5.41, 5.74) is 17.9. The van der Waals surface area contributed by atoms with E-state index in [2.05, 4.69) is 322 Å². The number of aromatic nitrogens is 9. The number of furan rings is 3. The van der Waals surface area contributed by atoms with E-state index in [-0.39, 0.29) is 0 Å². The predicted octanol–water partition coefficient (Wildman–Crippen LogP) is 32.9. The summed E-state index contributed by atoms with van der Waals surface area (Å²) in [5.74, 6) is 5.63. The second-order valence-electron chi connectivity index (χ2n) is 34.5. The van der Waals surface area contributed by atoms with Gasteiger partial charge in [-0.2, -0.15) is 0 Å². The normalized spacial score (nSPS) is 11.6. The van der Waals surface area contributed by atoms with Crippen molar-refractivity contribution in [3.8, 4) is 125 Å². The summed E-state index contributed by atoms with van der Waals surface area (Å²) in [7, 11) is 0. The van der Waals surface area contributed by atoms with Crippen LogP contribution in [0.4, 0.5) is 0 Å². The summed E-state index contributed by atoms with van der Waals surface area (Å²) in [4.78, 5) is 45.5. The highest BCUT2D eigenvalue weighted by Gasteiger charge is 2.26. The minimum absolute atomic E-state index is 0.605. The van der Waals surface area contributed by atoms with Gasteiger partial charge in [-0.15, -0.1) is 0 Å². The molecule has 0 saturated carbocycles. The van der Waals surface area contributed by atoms with Crippen LogP contribution in [0, 0.1) is 0 Å². The van der Waals surface area contributed by atoms with Gasteiger partial charge in [0.1, 0.15) is 33.5 Å². The van der Waals surface area contributed by atoms with E-state index in [9.17, 15) is 0 Å². The molecule has 0 amide bonds. The van der Waals surface area contributed by atoms with E-state index < -0.39 is 0 Å². The molecule has 0 aliphatic rings. The molecule has 0 aliphatic carbocycles. The highest BCUT2D eigenvalue weighted by molar-refractivity contribution is 6.32. The Balaban J connectivity index is 0.000000106. The molecule has 0 aliphatic heterocycles. The monoisotopic (exact) mass is 1750 g/mol. The van der Waals surface area contributed by atoms with Gasteiger partial charge in [-0.25, -0.2) is 44.9 Å². The zero-order valence-corrected chi connectivity index (χ0v) is 73.6. The van der Waals surface area contributed by atoms with Crippen molar-refractivity contribution in [3.63, 3.8) is 0 Å². The standard InChI is InChI=1S/C43H25N3O.2C41H25N3O/c1-3-12-29-23-31(19-17-26(29)9-1)41-44-42(32-20-18-27-10-2-4-13-30(27)24-32)46-43(45-41)36-25-38-40(35-15-7-8-16-37(35)47-38)39-33-14-6-5-11-28(33)21-22-34(36)39;1-3-13-27(14-4-1)39-42-40(28-15-5-2-6-16-28)44-41(43-39)30-18-11-17-29(24-30)34-25-36-38(33-20-9-10-21-35(33)45-36)37-31-19-8-7-12-26(31)22-23-32(34)37;1-3-11-26(12-4-1)27-19-21-30(22-20-27)40-42-39(29-14-5-2-6-15-29)43-41(44-40)34-25-36-38(33-17-9-10-18-35(33)45-36)37-31-16-8-7-13-28(31)23-24-32(34)37/h1-25H;2*1-25H. The van der Waals surface area contributed by atoms with Gasteiger partial charge in [0.25, 0.3) is 0 Å². The number of para-hydroxylation sites is 3. The van der Waals surface area contributed by atoms with Gasteiger partial charge >= 0.3 is 0 Å². The van der Waals surface area contributed by atoms with Crippen molar-refractivity contribution in [1.29, 1.82) is 0 Å². The van der Waals surface area contributed by atoms with Crippen LogP contribution in [0.2, 0.25) is 0 Å². The Bertz CT molecular complexity index is 9530. The molecule has 12 nitrogen and oxygen atoms in total. The van der Waals surface area contributed by atoms with Gasteiger partial charge in [0.2, 0.25) is 0 Å². The van der Waals surface area contributed by atoms with Crippen molar-refractivity contribution < 1.29 is 13.3 Å². The predicted molar refractivity (Wildman–Crippen MR) is 561 cm³/mol. The lowest BCUT2D eigenvalue weighted by Crippen LogP contribution is -2.01. The first-order valence-electron chi connectivity index (χ1n) is 45.8. The fourth-order valence-corrected chi connectivity index (χ4v) is 19.8. The minimum atomic E-state index is 0.605. The lowest BCUT2D eigenvalue weighted by atomic mass is 9.91. The molecule has 638 valence electrons. The zero-order chi connectivity index (χ0) is 90.4. The largest absolute Gasteiger partial charge is 0.456 e. The maximum absolute atomic E-state index is 6.53. The molecule has 28 rings (SSSR count). The van der Waals surface area contributed by atoms with Gasteiger partial charge in [0.05, 0.1) is 0 Å². The topological polar surface area (TPSA) is 155 Å². The fraction of sp³-hybridized carbons (Fsp3) is 0. The molecule has 22 aromatic carbocycles. The van der Waals surface area contributed by atoms with Crippen LogP contribution in [0.1, 0.15) is 0 Å². The summed E-state index contributed by atoms with van der Waals surface area (Å²) in [5, 5.41) is 25.2. The van der Waals surface area contributed by atoms with E-state index in [1.54, 1.807) is 0 Å². The van der Waals surface area contributed by atoms with Crippen molar-refractivity contribution in [2.24, 2.45) is 0 Å². The molecular formula is C125H75N9O3. The third-order valence-electron chi connectivity index (χ3n) is 26.3. The fourth-order valence-electron chi connectivity index (χ4n) is 19.8. The van der Waals surface area contributed by atoms with Crippen molar-refractivity contribution >= 4 is 152 Å². The van der Waals surface area contributed by atoms with Crippen LogP contribution in [-0.4, -0.2) is 44.9 Å². The molecule has 0 unspecified atom stereocenters. The molecule has 6 aromatic heterocycles. The van der Waals surface area contributed by atoms with Gasteiger partial charge in [0.15, 0.2) is 52.4 Å². The van der Waals surface area contributed by atoms with Crippen LogP contribution in [0.5, 0.6) is 0 Å². The summed E-state index contributed by atoms with van der Waals surface area (Å²) < 4.78 is 19.5. The zero-order valence-electron chi connectivity index (χ0n) is 73.6. The van der Waals surface area contributed by atoms with E-state index in [4.69, 9.17) is 58.1 Å². The second kappa shape index (κ2) is 33.3. The van der Waals surface area contributed by atoms with E-state index >= 15 is 0 Å². The van der Waals surface area contributed by atoms with E-state index in [1.165, 1.54) is 59.4 Å². The molecule has 0 bridgehead atoms. The molecule has 0 fully saturated rings. The average Bonchev–Trinajstić information content (AvgIpc) is 1.58. The smallest absolute Gasteiger partial charge is 0.164 e. The summed E-state index contributed by atoms with van der Waals surface area (Å²) in [6, 6.07) is 157. The van der Waals surface area contributed by atoms with Crippen LogP contribution >= 0.6 is 0 Å². The SMILES string of the molecule is c1ccc(-c2ccc(-c3nc(-c4ccccc4)nc(-c4cc5oc6ccccc6c5c5c4ccc4ccccc45)n3)cc2)cc1.c1ccc(-c2nc(-c3ccccc3)nc(-c3cccc(-c4cc5oc6ccccc6c5c5c4ccc4ccccc45)c3)n2)cc1.c1ccc2cc(-c3nc(-c4ccc5ccccc5c4)nc(-c4cc5oc6ccccc6c5c5c4ccc4ccccc45)n3)ccc2c1. The molecule has 0 radical (unpaired) electrons. The molecule has 0 atom stereocenters. The third kappa shape index (κ3) is 14.3. The van der Waals surface area contributed by atoms with Crippen molar-refractivity contribution in [3.05, 3.63) is 455 Å². The molecule has 28 aromatic rings. The molecule has 12 heteroatoms. The summed E-state index contributed by atoms with van der Waals surface area (Å²) in [6.07, 6.45) is 0. The first-order valence-corrected chi connectivity index (χ1v) is 45.8. The minimum Gasteiger partial charge on any atom is -0.456 e. The number of rotatable bonds is 11. The molecule has 6 heterocycles. The number of hydrogen-bond donors (Lipinski definition) is 0. The molecule has 0 spiro atoms. The summed E-state index contributed by atoms with van der Waals surface area (Å²) in [6.45, 7) is 0. The molecule has 0 saturated heterocycles. The van der Waals surface area contributed by atoms with Gasteiger partial charge in [-0.05, 0) is 147 Å². The first-order chi connectivity index (χ1) is 67.9. The Hall–Kier alpha value is -18.7. The van der Waals surface area contributed by atoms with Crippen LogP contribution in [-0.2, 0) is 0 Å². The quantitative estimate of drug-likeness (QED) is 0.113. The number of benzene rings is 22. The third-order valence-corrected chi connectivity index (χ3v) is 26.3. The van der Waals surface area contributed by atoms with Crippen LogP contribution < -0.4 is 0 Å². The Kier molecular flexibility index (Phi) is 19.3. The molecule has 0 N–H and O–H groups in total. The maximum Gasteiger partial charge on any atom is 0.164 e. The van der Waals surface area contributed by atoms with Gasteiger partial charge < -0.3 is 13.3 Å². The van der Waals surface area contributed by atoms with E-state index in [1.807, 2.05) is 133 Å². The number of hydrogen-bond acceptors (Lipinski definition) is 12. The van der Waals surface area contributed by atoms with Crippen molar-refractivity contribution in [1.82, 2.24) is 44.9 Å². The Labute approximate surface area is 784 Å². The lowest BCUT2D eigenvalue weighted by molar-refractivity contribution is 0.669. The van der Waals surface area contributed by atoms with Crippen molar-refractivity contribution in [2.75, 3.05) is 0 Å². The van der Waals surface area contributed by atoms with E-state index in [0.29, 0.717) is 52.4 Å². The van der Waals surface area contributed by atoms with Crippen LogP contribution in [0.25, 0.3) is 277 Å². The Morgan fingerprint density at radius 1 is 0.117 bits per heavy atom. The van der Waals surface area contributed by atoms with E-state index in [0.717, 1.165) is 165 Å². The van der Waals surface area contributed by atoms with Crippen molar-refractivity contribution in [2.45, 2.75) is 0 Å².